The summed E-state index contributed by atoms with van der Waals surface area (Å²) in [4.78, 5) is 15.3. The molecule has 3 atom stereocenters. The van der Waals surface area contributed by atoms with E-state index in [1.54, 1.807) is 27.9 Å². The van der Waals surface area contributed by atoms with E-state index in [9.17, 15) is 4.79 Å². The molecule has 0 aliphatic heterocycles. The summed E-state index contributed by atoms with van der Waals surface area (Å²) in [6.07, 6.45) is 1.10. The van der Waals surface area contributed by atoms with Crippen LogP contribution in [0.25, 0.3) is 10.4 Å². The van der Waals surface area contributed by atoms with Crippen molar-refractivity contribution in [2.75, 3.05) is 27.6 Å². The van der Waals surface area contributed by atoms with Gasteiger partial charge in [0.25, 0.3) is 0 Å². The van der Waals surface area contributed by atoms with E-state index in [4.69, 9.17) is 29.2 Å². The van der Waals surface area contributed by atoms with Gasteiger partial charge in [-0.25, -0.2) is 4.79 Å². The number of azide groups is 1. The van der Waals surface area contributed by atoms with Gasteiger partial charge in [0, 0.05) is 12.0 Å². The lowest BCUT2D eigenvalue weighted by Gasteiger charge is -2.35. The zero-order valence-corrected chi connectivity index (χ0v) is 19.2. The summed E-state index contributed by atoms with van der Waals surface area (Å²) in [6, 6.07) is 6.43. The average Bonchev–Trinajstić information content (AvgIpc) is 2.73. The third-order valence-corrected chi connectivity index (χ3v) is 4.62. The normalized spacial score (nSPS) is 20.7. The van der Waals surface area contributed by atoms with Crippen LogP contribution in [0, 0.1) is 0 Å². The summed E-state index contributed by atoms with van der Waals surface area (Å²) in [5.74, 6) is 0.780. The van der Waals surface area contributed by atoms with Gasteiger partial charge in [-0.2, -0.15) is 0 Å². The van der Waals surface area contributed by atoms with E-state index in [0.717, 1.165) is 16.9 Å². The molecule has 1 unspecified atom stereocenters. The quantitative estimate of drug-likeness (QED) is 0.189. The van der Waals surface area contributed by atoms with Crippen LogP contribution in [-0.2, 0) is 25.6 Å². The van der Waals surface area contributed by atoms with Crippen molar-refractivity contribution >= 4 is 6.09 Å². The highest BCUT2D eigenvalue weighted by Gasteiger charge is 2.36. The molecule has 10 heteroatoms. The highest BCUT2D eigenvalue weighted by atomic mass is 16.7. The van der Waals surface area contributed by atoms with Gasteiger partial charge in [-0.15, -0.1) is 0 Å². The fraction of sp³-hybridized carbons (Fsp3) is 0.591. The van der Waals surface area contributed by atoms with Gasteiger partial charge < -0.3 is 29.0 Å². The van der Waals surface area contributed by atoms with Crippen molar-refractivity contribution in [2.24, 2.45) is 5.11 Å². The first-order chi connectivity index (χ1) is 15.3. The first-order valence-corrected chi connectivity index (χ1v) is 10.3. The third kappa shape index (κ3) is 8.39. The number of amides is 1. The molecular weight excluding hydrogens is 416 g/mol. The fourth-order valence-electron chi connectivity index (χ4n) is 3.25. The molecule has 0 saturated carbocycles. The molecule has 0 spiro atoms. The van der Waals surface area contributed by atoms with Crippen molar-refractivity contribution in [3.63, 3.8) is 0 Å². The number of nitrogens with zero attached hydrogens (tertiary/aromatic N) is 3. The van der Waals surface area contributed by atoms with Gasteiger partial charge in [-0.3, -0.25) is 0 Å². The van der Waals surface area contributed by atoms with Crippen LogP contribution in [0.4, 0.5) is 4.79 Å². The van der Waals surface area contributed by atoms with Gasteiger partial charge in [0.05, 0.1) is 38.5 Å². The number of carbonyl (C=O) groups is 1. The molecule has 1 N–H and O–H groups in total. The van der Waals surface area contributed by atoms with E-state index in [-0.39, 0.29) is 6.79 Å². The smallest absolute Gasteiger partial charge is 0.407 e. The molecule has 176 valence electrons. The largest absolute Gasteiger partial charge is 0.497 e. The van der Waals surface area contributed by atoms with Gasteiger partial charge in [0.2, 0.25) is 0 Å². The molecular formula is C22H32N4O6. The Morgan fingerprint density at radius 3 is 2.53 bits per heavy atom. The van der Waals surface area contributed by atoms with Crippen LogP contribution in [0.15, 0.2) is 41.0 Å². The van der Waals surface area contributed by atoms with Crippen molar-refractivity contribution in [3.05, 3.63) is 51.9 Å². The zero-order valence-electron chi connectivity index (χ0n) is 19.2. The molecule has 1 aromatic rings. The number of carbonyl (C=O) groups excluding carboxylic acids is 1. The second-order valence-electron chi connectivity index (χ2n) is 8.35. The first kappa shape index (κ1) is 25.5. The van der Waals surface area contributed by atoms with Gasteiger partial charge in [0.1, 0.15) is 18.1 Å². The van der Waals surface area contributed by atoms with Crippen LogP contribution in [0.2, 0.25) is 0 Å². The first-order valence-electron chi connectivity index (χ1n) is 10.3. The molecule has 1 amide bonds. The van der Waals surface area contributed by atoms with Crippen LogP contribution in [0.3, 0.4) is 0 Å². The van der Waals surface area contributed by atoms with Crippen LogP contribution >= 0.6 is 0 Å². The molecule has 0 aromatic heterocycles. The second kappa shape index (κ2) is 12.3. The van der Waals surface area contributed by atoms with Crippen LogP contribution < -0.4 is 10.1 Å². The molecule has 1 aromatic carbocycles. The number of ether oxygens (including phenoxy) is 5. The number of nitrogens with one attached hydrogen (secondary N) is 1. The van der Waals surface area contributed by atoms with Gasteiger partial charge in [-0.05, 0) is 56.0 Å². The van der Waals surface area contributed by atoms with E-state index >= 15 is 0 Å². The lowest BCUT2D eigenvalue weighted by Crippen LogP contribution is -2.53. The summed E-state index contributed by atoms with van der Waals surface area (Å²) in [6.45, 7) is 6.07. The Morgan fingerprint density at radius 1 is 1.22 bits per heavy atom. The Morgan fingerprint density at radius 2 is 1.94 bits per heavy atom. The number of methoxy groups -OCH3 is 2. The summed E-state index contributed by atoms with van der Waals surface area (Å²) in [7, 11) is 3.13. The van der Waals surface area contributed by atoms with E-state index in [0.29, 0.717) is 19.6 Å². The minimum absolute atomic E-state index is 0.0106. The molecule has 0 heterocycles. The van der Waals surface area contributed by atoms with Crippen molar-refractivity contribution in [1.82, 2.24) is 5.32 Å². The molecule has 32 heavy (non-hydrogen) atoms. The van der Waals surface area contributed by atoms with Crippen LogP contribution in [0.1, 0.15) is 32.8 Å². The highest BCUT2D eigenvalue weighted by Crippen LogP contribution is 2.26. The predicted octanol–water partition coefficient (Wildman–Crippen LogP) is 4.10. The van der Waals surface area contributed by atoms with E-state index in [1.807, 2.05) is 30.3 Å². The van der Waals surface area contributed by atoms with E-state index in [2.05, 4.69) is 15.3 Å². The van der Waals surface area contributed by atoms with Gasteiger partial charge in [-0.1, -0.05) is 23.3 Å². The molecule has 0 bridgehead atoms. The molecule has 1 aliphatic rings. The number of hydrogen-bond donors (Lipinski definition) is 1. The zero-order chi connectivity index (χ0) is 23.6. The maximum absolute atomic E-state index is 12.3. The number of hydrogen-bond acceptors (Lipinski definition) is 7. The van der Waals surface area contributed by atoms with Gasteiger partial charge in [0.15, 0.2) is 0 Å². The Kier molecular flexibility index (Phi) is 9.80. The van der Waals surface area contributed by atoms with Crippen molar-refractivity contribution in [3.8, 4) is 5.75 Å². The Bertz CT molecular complexity index is 815. The predicted molar refractivity (Wildman–Crippen MR) is 118 cm³/mol. The van der Waals surface area contributed by atoms with E-state index in [1.165, 1.54) is 7.11 Å². The van der Waals surface area contributed by atoms with Crippen molar-refractivity contribution in [1.29, 1.82) is 0 Å². The number of rotatable bonds is 10. The maximum atomic E-state index is 12.3. The number of benzene rings is 1. The Labute approximate surface area is 188 Å². The topological polar surface area (TPSA) is 124 Å². The minimum atomic E-state index is -0.661. The third-order valence-electron chi connectivity index (χ3n) is 4.62. The Balaban J connectivity index is 2.09. The summed E-state index contributed by atoms with van der Waals surface area (Å²) >= 11 is 0. The van der Waals surface area contributed by atoms with E-state index < -0.39 is 29.9 Å². The molecule has 0 fully saturated rings. The van der Waals surface area contributed by atoms with Crippen LogP contribution in [0.5, 0.6) is 5.75 Å². The van der Waals surface area contributed by atoms with Crippen molar-refractivity contribution in [2.45, 2.75) is 57.6 Å². The second-order valence-corrected chi connectivity index (χ2v) is 8.35. The molecule has 10 nitrogen and oxygen atoms in total. The standard InChI is InChI=1S/C22H32N4O6/c1-22(2,3)32-21(27)24-20-18(25-26-23)10-16(11-19(20)31-14-28-4)13-30-12-15-6-8-17(29-5)9-7-15/h6-9,11,18-20H,10,12-14H2,1-5H3,(H,24,27)/t18-,19+,20?/m0/s1. The average molecular weight is 449 g/mol. The summed E-state index contributed by atoms with van der Waals surface area (Å²) < 4.78 is 27.1. The lowest BCUT2D eigenvalue weighted by atomic mass is 9.88. The lowest BCUT2D eigenvalue weighted by molar-refractivity contribution is -0.0714. The summed E-state index contributed by atoms with van der Waals surface area (Å²) in [5.41, 5.74) is 10.3. The SMILES string of the molecule is COCO[C@@H]1C=C(COCc2ccc(OC)cc2)C[C@H](N=[N+]=[N-])C1NC(=O)OC(C)(C)C. The monoisotopic (exact) mass is 448 g/mol. The molecule has 1 aliphatic carbocycles. The number of alkyl carbamates (subject to hydrolysis) is 1. The Hall–Kier alpha value is -2.78. The minimum Gasteiger partial charge on any atom is -0.497 e. The highest BCUT2D eigenvalue weighted by molar-refractivity contribution is 5.68. The molecule has 0 saturated heterocycles. The van der Waals surface area contributed by atoms with Gasteiger partial charge >= 0.3 is 6.09 Å². The fourth-order valence-corrected chi connectivity index (χ4v) is 3.25. The van der Waals surface area contributed by atoms with Crippen LogP contribution in [-0.4, -0.2) is 57.5 Å². The van der Waals surface area contributed by atoms with Crippen molar-refractivity contribution < 1.29 is 28.5 Å². The maximum Gasteiger partial charge on any atom is 0.407 e. The molecule has 0 radical (unpaired) electrons. The summed E-state index contributed by atoms with van der Waals surface area (Å²) in [5, 5.41) is 6.67. The molecule has 2 rings (SSSR count).